The van der Waals surface area contributed by atoms with E-state index >= 15 is 0 Å². The summed E-state index contributed by atoms with van der Waals surface area (Å²) in [6, 6.07) is 8.23. The highest BCUT2D eigenvalue weighted by molar-refractivity contribution is 9.10. The van der Waals surface area contributed by atoms with Crippen LogP contribution in [0.3, 0.4) is 0 Å². The molecule has 0 aliphatic heterocycles. The van der Waals surface area contributed by atoms with Gasteiger partial charge in [-0.25, -0.2) is 0 Å². The van der Waals surface area contributed by atoms with Gasteiger partial charge in [-0.2, -0.15) is 0 Å². The molecule has 4 heteroatoms. The van der Waals surface area contributed by atoms with Gasteiger partial charge in [0.05, 0.1) is 0 Å². The van der Waals surface area contributed by atoms with E-state index < -0.39 is 0 Å². The van der Waals surface area contributed by atoms with E-state index in [4.69, 9.17) is 4.74 Å². The number of benzene rings is 1. The lowest BCUT2D eigenvalue weighted by Gasteiger charge is -2.08. The fourth-order valence-electron chi connectivity index (χ4n) is 1.49. The average molecular weight is 314 g/mol. The van der Waals surface area contributed by atoms with Crippen molar-refractivity contribution in [1.82, 2.24) is 5.32 Å². The van der Waals surface area contributed by atoms with Crippen LogP contribution in [0, 0.1) is 0 Å². The molecule has 18 heavy (non-hydrogen) atoms. The zero-order valence-corrected chi connectivity index (χ0v) is 12.5. The fourth-order valence-corrected chi connectivity index (χ4v) is 1.93. The minimum atomic E-state index is -0.138. The summed E-state index contributed by atoms with van der Waals surface area (Å²) >= 11 is 3.39. The molecule has 100 valence electrons. The Balaban J connectivity index is 2.17. The lowest BCUT2D eigenvalue weighted by Crippen LogP contribution is -2.24. The zero-order chi connectivity index (χ0) is 13.4. The molecule has 0 radical (unpaired) electrons. The molecule has 0 unspecified atom stereocenters. The standard InChI is InChI=1S/C14H20BrNO2/c1-11(2)16-8-4-7-14(17)18-10-12-5-3-6-13(15)9-12/h3,5-6,9,11,16H,4,7-8,10H2,1-2H3. The number of nitrogens with one attached hydrogen (secondary N) is 1. The largest absolute Gasteiger partial charge is 0.461 e. The normalized spacial score (nSPS) is 10.7. The van der Waals surface area contributed by atoms with Crippen LogP contribution in [-0.2, 0) is 16.1 Å². The third-order valence-corrected chi connectivity index (χ3v) is 2.89. The van der Waals surface area contributed by atoms with Gasteiger partial charge in [0, 0.05) is 16.9 Å². The predicted molar refractivity (Wildman–Crippen MR) is 76.3 cm³/mol. The highest BCUT2D eigenvalue weighted by Gasteiger charge is 2.03. The van der Waals surface area contributed by atoms with Crippen LogP contribution >= 0.6 is 15.9 Å². The Hall–Kier alpha value is -0.870. The van der Waals surface area contributed by atoms with Crippen LogP contribution in [0.2, 0.25) is 0 Å². The van der Waals surface area contributed by atoms with Crippen molar-refractivity contribution < 1.29 is 9.53 Å². The molecule has 0 heterocycles. The van der Waals surface area contributed by atoms with E-state index in [0.29, 0.717) is 19.1 Å². The molecule has 0 atom stereocenters. The van der Waals surface area contributed by atoms with E-state index in [1.54, 1.807) is 0 Å². The van der Waals surface area contributed by atoms with E-state index in [0.717, 1.165) is 23.0 Å². The molecule has 1 aromatic rings. The average Bonchev–Trinajstić information content (AvgIpc) is 2.32. The van der Waals surface area contributed by atoms with Crippen molar-refractivity contribution in [2.75, 3.05) is 6.54 Å². The summed E-state index contributed by atoms with van der Waals surface area (Å²) in [5.74, 6) is -0.138. The molecule has 0 saturated carbocycles. The topological polar surface area (TPSA) is 38.3 Å². The SMILES string of the molecule is CC(C)NCCCC(=O)OCc1cccc(Br)c1. The molecule has 0 saturated heterocycles. The maximum atomic E-state index is 11.5. The highest BCUT2D eigenvalue weighted by Crippen LogP contribution is 2.12. The molecule has 3 nitrogen and oxygen atoms in total. The van der Waals surface area contributed by atoms with Gasteiger partial charge in [-0.3, -0.25) is 4.79 Å². The minimum absolute atomic E-state index is 0.138. The van der Waals surface area contributed by atoms with E-state index in [1.807, 2.05) is 24.3 Å². The molecular formula is C14H20BrNO2. The van der Waals surface area contributed by atoms with Gasteiger partial charge in [0.2, 0.25) is 0 Å². The molecule has 0 bridgehead atoms. The summed E-state index contributed by atoms with van der Waals surface area (Å²) in [4.78, 5) is 11.5. The molecule has 0 aliphatic rings. The Morgan fingerprint density at radius 3 is 2.89 bits per heavy atom. The molecule has 1 N–H and O–H groups in total. The first-order valence-corrected chi connectivity index (χ1v) is 7.00. The van der Waals surface area contributed by atoms with Gasteiger partial charge in [0.15, 0.2) is 0 Å². The molecule has 1 aromatic carbocycles. The number of hydrogen-bond acceptors (Lipinski definition) is 3. The summed E-state index contributed by atoms with van der Waals surface area (Å²) in [5, 5.41) is 3.27. The summed E-state index contributed by atoms with van der Waals surface area (Å²) < 4.78 is 6.20. The van der Waals surface area contributed by atoms with Gasteiger partial charge in [-0.1, -0.05) is 41.9 Å². The monoisotopic (exact) mass is 313 g/mol. The van der Waals surface area contributed by atoms with Crippen molar-refractivity contribution in [2.45, 2.75) is 39.3 Å². The molecule has 0 amide bonds. The zero-order valence-electron chi connectivity index (χ0n) is 10.9. The number of halogens is 1. The van der Waals surface area contributed by atoms with Crippen LogP contribution in [0.25, 0.3) is 0 Å². The number of esters is 1. The van der Waals surface area contributed by atoms with Crippen LogP contribution in [0.15, 0.2) is 28.7 Å². The van der Waals surface area contributed by atoms with Gasteiger partial charge in [-0.15, -0.1) is 0 Å². The van der Waals surface area contributed by atoms with E-state index in [-0.39, 0.29) is 5.97 Å². The number of hydrogen-bond donors (Lipinski definition) is 1. The smallest absolute Gasteiger partial charge is 0.306 e. The van der Waals surface area contributed by atoms with Gasteiger partial charge >= 0.3 is 5.97 Å². The maximum absolute atomic E-state index is 11.5. The highest BCUT2D eigenvalue weighted by atomic mass is 79.9. The van der Waals surface area contributed by atoms with E-state index in [1.165, 1.54) is 0 Å². The number of carbonyl (C=O) groups is 1. The lowest BCUT2D eigenvalue weighted by atomic mass is 10.2. The van der Waals surface area contributed by atoms with Crippen LogP contribution in [0.5, 0.6) is 0 Å². The Bertz CT molecular complexity index is 380. The van der Waals surface area contributed by atoms with Gasteiger partial charge in [0.1, 0.15) is 6.61 Å². The molecule has 0 aliphatic carbocycles. The van der Waals surface area contributed by atoms with Gasteiger partial charge in [0.25, 0.3) is 0 Å². The van der Waals surface area contributed by atoms with E-state index in [9.17, 15) is 4.79 Å². The summed E-state index contributed by atoms with van der Waals surface area (Å²) in [5.41, 5.74) is 0.998. The van der Waals surface area contributed by atoms with Crippen LogP contribution < -0.4 is 5.32 Å². The van der Waals surface area contributed by atoms with Crippen molar-refractivity contribution in [3.8, 4) is 0 Å². The Labute approximate surface area is 117 Å². The van der Waals surface area contributed by atoms with Crippen molar-refractivity contribution in [2.24, 2.45) is 0 Å². The van der Waals surface area contributed by atoms with Crippen molar-refractivity contribution >= 4 is 21.9 Å². The van der Waals surface area contributed by atoms with Gasteiger partial charge in [-0.05, 0) is 30.7 Å². The second-order valence-corrected chi connectivity index (χ2v) is 5.42. The molecular weight excluding hydrogens is 294 g/mol. The van der Waals surface area contributed by atoms with Crippen molar-refractivity contribution in [3.05, 3.63) is 34.3 Å². The lowest BCUT2D eigenvalue weighted by molar-refractivity contribution is -0.145. The second kappa shape index (κ2) is 8.27. The summed E-state index contributed by atoms with van der Waals surface area (Å²) in [6.45, 7) is 5.37. The summed E-state index contributed by atoms with van der Waals surface area (Å²) in [7, 11) is 0. The molecule has 0 spiro atoms. The minimum Gasteiger partial charge on any atom is -0.461 e. The molecule has 1 rings (SSSR count). The quantitative estimate of drug-likeness (QED) is 0.620. The third kappa shape index (κ3) is 6.77. The number of carbonyl (C=O) groups excluding carboxylic acids is 1. The maximum Gasteiger partial charge on any atom is 0.306 e. The third-order valence-electron chi connectivity index (χ3n) is 2.40. The summed E-state index contributed by atoms with van der Waals surface area (Å²) in [6.07, 6.45) is 1.28. The van der Waals surface area contributed by atoms with E-state index in [2.05, 4.69) is 35.1 Å². The fraction of sp³-hybridized carbons (Fsp3) is 0.500. The Morgan fingerprint density at radius 1 is 1.44 bits per heavy atom. The van der Waals surface area contributed by atoms with Crippen molar-refractivity contribution in [1.29, 1.82) is 0 Å². The first kappa shape index (κ1) is 15.2. The second-order valence-electron chi connectivity index (χ2n) is 4.50. The molecule has 0 fully saturated rings. The van der Waals surface area contributed by atoms with Gasteiger partial charge < -0.3 is 10.1 Å². The van der Waals surface area contributed by atoms with Crippen LogP contribution in [0.1, 0.15) is 32.3 Å². The van der Waals surface area contributed by atoms with Crippen molar-refractivity contribution in [3.63, 3.8) is 0 Å². The molecule has 0 aromatic heterocycles. The van der Waals surface area contributed by atoms with Crippen LogP contribution in [0.4, 0.5) is 0 Å². The first-order chi connectivity index (χ1) is 8.58. The Kier molecular flexibility index (Phi) is 6.98. The number of rotatable bonds is 7. The predicted octanol–water partition coefficient (Wildman–Crippen LogP) is 3.27. The number of ether oxygens (including phenoxy) is 1. The van der Waals surface area contributed by atoms with Crippen LogP contribution in [-0.4, -0.2) is 18.6 Å². The first-order valence-electron chi connectivity index (χ1n) is 6.21. The Morgan fingerprint density at radius 2 is 2.22 bits per heavy atom.